The minimum absolute atomic E-state index is 0.103. The van der Waals surface area contributed by atoms with Crippen LogP contribution in [0.2, 0.25) is 0 Å². The van der Waals surface area contributed by atoms with Gasteiger partial charge in [-0.05, 0) is 89.9 Å². The Balaban J connectivity index is 2.67. The van der Waals surface area contributed by atoms with Gasteiger partial charge >= 0.3 is 5.97 Å². The summed E-state index contributed by atoms with van der Waals surface area (Å²) in [4.78, 5) is 26.6. The Morgan fingerprint density at radius 1 is 0.519 bits per heavy atom. The van der Waals surface area contributed by atoms with Crippen molar-refractivity contribution in [1.82, 2.24) is 5.32 Å². The number of nitrogens with one attached hydrogen (secondary N) is 1. The number of rotatable bonds is 52. The molecular formula is C68H115NO10. The highest BCUT2D eigenvalue weighted by Crippen LogP contribution is 2.26. The monoisotopic (exact) mass is 1110 g/mol. The van der Waals surface area contributed by atoms with Gasteiger partial charge in [-0.3, -0.25) is 9.59 Å². The van der Waals surface area contributed by atoms with Gasteiger partial charge in [-0.15, -0.1) is 0 Å². The van der Waals surface area contributed by atoms with Gasteiger partial charge < -0.3 is 45.1 Å². The Labute approximate surface area is 481 Å². The van der Waals surface area contributed by atoms with Crippen molar-refractivity contribution in [3.05, 3.63) is 109 Å². The van der Waals surface area contributed by atoms with E-state index in [0.29, 0.717) is 12.8 Å². The maximum atomic E-state index is 13.4. The Morgan fingerprint density at radius 3 is 1.51 bits per heavy atom. The SMILES string of the molecule is CC/C=C\C/C=C\C/C=C\C/C=C\C/C=C\CCCCCCCCCC(=O)OC1C(OCC(NC(=O)C(O)CCCCCCCC/C=C/C=C/C=C/CC)C(O)/C=C/CCCCCCCCCCCCC)OC(CO)C(O)C1O. The molecule has 452 valence electrons. The van der Waals surface area contributed by atoms with Gasteiger partial charge in [0.1, 0.15) is 24.4 Å². The number of unbranched alkanes of at least 4 members (excludes halogenated alkanes) is 24. The van der Waals surface area contributed by atoms with Crippen molar-refractivity contribution in [2.75, 3.05) is 13.2 Å². The van der Waals surface area contributed by atoms with E-state index >= 15 is 0 Å². The van der Waals surface area contributed by atoms with E-state index < -0.39 is 67.4 Å². The molecule has 0 aromatic carbocycles. The molecule has 1 aliphatic rings. The molecule has 79 heavy (non-hydrogen) atoms. The first-order valence-electron chi connectivity index (χ1n) is 31.7. The van der Waals surface area contributed by atoms with Crippen LogP contribution in [-0.4, -0.2) is 99.6 Å². The lowest BCUT2D eigenvalue weighted by Crippen LogP contribution is -2.61. The summed E-state index contributed by atoms with van der Waals surface area (Å²) in [5, 5.41) is 57.0. The molecule has 0 aromatic heterocycles. The van der Waals surface area contributed by atoms with Gasteiger partial charge in [0.25, 0.3) is 0 Å². The highest BCUT2D eigenvalue weighted by atomic mass is 16.7. The summed E-state index contributed by atoms with van der Waals surface area (Å²) in [6, 6.07) is -1.04. The van der Waals surface area contributed by atoms with E-state index in [1.807, 2.05) is 18.2 Å². The number of hydrogen-bond acceptors (Lipinski definition) is 10. The van der Waals surface area contributed by atoms with Crippen molar-refractivity contribution in [3.8, 4) is 0 Å². The molecule has 0 aliphatic carbocycles. The van der Waals surface area contributed by atoms with Gasteiger partial charge in [-0.2, -0.15) is 0 Å². The highest BCUT2D eigenvalue weighted by molar-refractivity contribution is 5.80. The third-order valence-corrected chi connectivity index (χ3v) is 14.2. The Hall–Kier alpha value is -3.68. The van der Waals surface area contributed by atoms with Crippen molar-refractivity contribution < 1.29 is 49.3 Å². The van der Waals surface area contributed by atoms with Gasteiger partial charge in [0.2, 0.25) is 5.91 Å². The quantitative estimate of drug-likeness (QED) is 0.0149. The van der Waals surface area contributed by atoms with E-state index in [2.05, 4.69) is 111 Å². The second kappa shape index (κ2) is 54.9. The van der Waals surface area contributed by atoms with Crippen LogP contribution in [0.4, 0.5) is 0 Å². The number of esters is 1. The number of carbonyl (C=O) groups is 2. The summed E-state index contributed by atoms with van der Waals surface area (Å²) in [5.41, 5.74) is 0. The van der Waals surface area contributed by atoms with E-state index in [1.54, 1.807) is 6.08 Å². The molecular weight excluding hydrogens is 991 g/mol. The van der Waals surface area contributed by atoms with Gasteiger partial charge in [0.15, 0.2) is 12.4 Å². The van der Waals surface area contributed by atoms with Crippen molar-refractivity contribution in [3.63, 3.8) is 0 Å². The predicted molar refractivity (Wildman–Crippen MR) is 328 cm³/mol. The van der Waals surface area contributed by atoms with Crippen LogP contribution in [0.3, 0.4) is 0 Å². The number of allylic oxidation sites excluding steroid dienone is 17. The first kappa shape index (κ1) is 73.3. The highest BCUT2D eigenvalue weighted by Gasteiger charge is 2.47. The molecule has 0 aromatic rings. The van der Waals surface area contributed by atoms with Crippen molar-refractivity contribution in [1.29, 1.82) is 0 Å². The summed E-state index contributed by atoms with van der Waals surface area (Å²) in [7, 11) is 0. The Bertz CT molecular complexity index is 1700. The normalized spacial score (nSPS) is 19.6. The number of aliphatic hydroxyl groups is 5. The fraction of sp³-hybridized carbons (Fsp3) is 0.706. The zero-order valence-corrected chi connectivity index (χ0v) is 50.0. The molecule has 1 fully saturated rings. The summed E-state index contributed by atoms with van der Waals surface area (Å²) < 4.78 is 17.6. The molecule has 11 nitrogen and oxygen atoms in total. The van der Waals surface area contributed by atoms with Crippen LogP contribution in [0.15, 0.2) is 109 Å². The zero-order chi connectivity index (χ0) is 57.5. The van der Waals surface area contributed by atoms with Gasteiger partial charge in [0, 0.05) is 6.42 Å². The number of aliphatic hydroxyl groups excluding tert-OH is 5. The van der Waals surface area contributed by atoms with Crippen molar-refractivity contribution in [2.45, 2.75) is 294 Å². The van der Waals surface area contributed by atoms with Crippen LogP contribution in [0.5, 0.6) is 0 Å². The smallest absolute Gasteiger partial charge is 0.306 e. The van der Waals surface area contributed by atoms with E-state index in [4.69, 9.17) is 14.2 Å². The number of hydrogen-bond donors (Lipinski definition) is 6. The first-order chi connectivity index (χ1) is 38.7. The molecule has 8 atom stereocenters. The van der Waals surface area contributed by atoms with Crippen LogP contribution in [-0.2, 0) is 23.8 Å². The molecule has 11 heteroatoms. The van der Waals surface area contributed by atoms with E-state index in [1.165, 1.54) is 57.8 Å². The molecule has 6 N–H and O–H groups in total. The third kappa shape index (κ3) is 42.8. The lowest BCUT2D eigenvalue weighted by molar-refractivity contribution is -0.305. The largest absolute Gasteiger partial charge is 0.454 e. The summed E-state index contributed by atoms with van der Waals surface area (Å²) >= 11 is 0. The standard InChI is InChI=1S/C68H115NO10/c1-4-7-10-13-16-19-22-25-27-28-29-30-31-32-33-34-35-38-41-44-47-50-53-56-63(73)79-66-65(75)64(74)62(57-70)78-68(66)77-58-59(60(71)54-51-48-45-42-39-36-24-21-18-15-12-9-6-3)69-67(76)61(72)55-52-49-46-43-40-37-26-23-20-17-14-11-8-5-2/h7-8,10-11,14,16-17,19-20,23,25,27,29-30,32-33,51,54,59-62,64-66,68,70-72,74-75H,4-6,9,12-13,15,18,21-22,24,26,28,31,34-50,52-53,55-58H2,1-3H3,(H,69,76)/b10-7-,11-8+,17-14+,19-16-,23-20+,27-25-,30-29-,33-32-,54-51+. The fourth-order valence-corrected chi connectivity index (χ4v) is 9.27. The van der Waals surface area contributed by atoms with Crippen LogP contribution in [0, 0.1) is 0 Å². The lowest BCUT2D eigenvalue weighted by Gasteiger charge is -2.41. The third-order valence-electron chi connectivity index (χ3n) is 14.2. The second-order valence-electron chi connectivity index (χ2n) is 21.4. The lowest BCUT2D eigenvalue weighted by atomic mass is 9.99. The molecule has 8 unspecified atom stereocenters. The van der Waals surface area contributed by atoms with Crippen molar-refractivity contribution in [2.24, 2.45) is 0 Å². The van der Waals surface area contributed by atoms with Gasteiger partial charge in [0.05, 0.1) is 25.4 Å². The second-order valence-corrected chi connectivity index (χ2v) is 21.4. The molecule has 0 spiro atoms. The minimum Gasteiger partial charge on any atom is -0.454 e. The molecule has 0 saturated carbocycles. The van der Waals surface area contributed by atoms with Crippen LogP contribution >= 0.6 is 0 Å². The minimum atomic E-state index is -1.63. The van der Waals surface area contributed by atoms with Crippen LogP contribution in [0.25, 0.3) is 0 Å². The molecule has 1 heterocycles. The van der Waals surface area contributed by atoms with Gasteiger partial charge in [-0.25, -0.2) is 0 Å². The average molecular weight is 1110 g/mol. The summed E-state index contributed by atoms with van der Waals surface area (Å²) in [5.74, 6) is -1.22. The van der Waals surface area contributed by atoms with E-state index in [9.17, 15) is 35.1 Å². The number of carbonyl (C=O) groups excluding carboxylic acids is 2. The number of ether oxygens (including phenoxy) is 3. The molecule has 0 bridgehead atoms. The average Bonchev–Trinajstić information content (AvgIpc) is 3.50. The molecule has 1 rings (SSSR count). The molecule has 0 radical (unpaired) electrons. The molecule has 1 saturated heterocycles. The van der Waals surface area contributed by atoms with E-state index in [-0.39, 0.29) is 19.4 Å². The predicted octanol–water partition coefficient (Wildman–Crippen LogP) is 15.3. The maximum absolute atomic E-state index is 13.4. The Kier molecular flexibility index (Phi) is 50.9. The van der Waals surface area contributed by atoms with E-state index in [0.717, 1.165) is 141 Å². The van der Waals surface area contributed by atoms with Crippen molar-refractivity contribution >= 4 is 11.9 Å². The summed E-state index contributed by atoms with van der Waals surface area (Å²) in [6.07, 6.45) is 64.0. The molecule has 1 aliphatic heterocycles. The summed E-state index contributed by atoms with van der Waals surface area (Å²) in [6.45, 7) is 5.53. The molecule has 1 amide bonds. The topological polar surface area (TPSA) is 175 Å². The fourth-order valence-electron chi connectivity index (χ4n) is 9.27. The van der Waals surface area contributed by atoms with Crippen LogP contribution < -0.4 is 5.32 Å². The van der Waals surface area contributed by atoms with Gasteiger partial charge in [-0.1, -0.05) is 259 Å². The Morgan fingerprint density at radius 2 is 0.975 bits per heavy atom. The first-order valence-corrected chi connectivity index (χ1v) is 31.7. The number of amides is 1. The maximum Gasteiger partial charge on any atom is 0.306 e. The van der Waals surface area contributed by atoms with Crippen LogP contribution in [0.1, 0.15) is 245 Å². The zero-order valence-electron chi connectivity index (χ0n) is 50.0.